The minimum absolute atomic E-state index is 0.0421. The predicted octanol–water partition coefficient (Wildman–Crippen LogP) is 2.19. The Morgan fingerprint density at radius 2 is 1.88 bits per heavy atom. The van der Waals surface area contributed by atoms with Crippen LogP contribution in [0.1, 0.15) is 31.2 Å². The van der Waals surface area contributed by atoms with Crippen LogP contribution in [0.4, 0.5) is 4.79 Å². The second-order valence-corrected chi connectivity index (χ2v) is 6.35. The maximum atomic E-state index is 12.2. The summed E-state index contributed by atoms with van der Waals surface area (Å²) in [7, 11) is 1.62. The van der Waals surface area contributed by atoms with Crippen molar-refractivity contribution in [2.24, 2.45) is 5.92 Å². The fourth-order valence-electron chi connectivity index (χ4n) is 3.15. The number of hydrogen-bond acceptors (Lipinski definition) is 3. The molecule has 0 aliphatic heterocycles. The van der Waals surface area contributed by atoms with Crippen molar-refractivity contribution in [3.63, 3.8) is 0 Å². The third-order valence-electron chi connectivity index (χ3n) is 4.44. The zero-order chi connectivity index (χ0) is 17.4. The van der Waals surface area contributed by atoms with Gasteiger partial charge in [0.25, 0.3) is 0 Å². The molecule has 1 aliphatic carbocycles. The van der Waals surface area contributed by atoms with E-state index >= 15 is 0 Å². The van der Waals surface area contributed by atoms with Crippen molar-refractivity contribution in [1.82, 2.24) is 10.6 Å². The highest BCUT2D eigenvalue weighted by atomic mass is 16.5. The van der Waals surface area contributed by atoms with E-state index in [2.05, 4.69) is 10.6 Å². The number of hydrogen-bond donors (Lipinski definition) is 3. The number of nitrogens with one attached hydrogen (secondary N) is 2. The van der Waals surface area contributed by atoms with Crippen molar-refractivity contribution in [3.8, 4) is 0 Å². The summed E-state index contributed by atoms with van der Waals surface area (Å²) >= 11 is 0. The van der Waals surface area contributed by atoms with E-state index in [1.54, 1.807) is 7.11 Å². The standard InChI is InChI=1S/C18H26N2O4/c1-24-12-16(11-13-5-3-2-4-6-13)20-18(23)19-15-9-7-14(8-10-15)17(21)22/h2-6,14-16H,7-12H2,1H3,(H,21,22)(H2,19,20,23). The summed E-state index contributed by atoms with van der Waals surface area (Å²) in [6.45, 7) is 0.439. The summed E-state index contributed by atoms with van der Waals surface area (Å²) in [5, 5.41) is 14.9. The molecule has 6 nitrogen and oxygen atoms in total. The lowest BCUT2D eigenvalue weighted by Gasteiger charge is -2.28. The van der Waals surface area contributed by atoms with Gasteiger partial charge in [-0.25, -0.2) is 4.79 Å². The molecule has 1 unspecified atom stereocenters. The normalized spacial score (nSPS) is 21.7. The van der Waals surface area contributed by atoms with Crippen LogP contribution in [0.15, 0.2) is 30.3 Å². The lowest BCUT2D eigenvalue weighted by Crippen LogP contribution is -2.49. The first-order valence-corrected chi connectivity index (χ1v) is 8.41. The summed E-state index contributed by atoms with van der Waals surface area (Å²) < 4.78 is 5.20. The van der Waals surface area contributed by atoms with Gasteiger partial charge in [-0.05, 0) is 37.7 Å². The van der Waals surface area contributed by atoms with Crippen LogP contribution in [0.2, 0.25) is 0 Å². The smallest absolute Gasteiger partial charge is 0.315 e. The van der Waals surface area contributed by atoms with Crippen LogP contribution in [0, 0.1) is 5.92 Å². The number of rotatable bonds is 7. The first-order chi connectivity index (χ1) is 11.6. The molecule has 2 rings (SSSR count). The summed E-state index contributed by atoms with van der Waals surface area (Å²) in [4.78, 5) is 23.2. The van der Waals surface area contributed by atoms with Crippen LogP contribution in [-0.4, -0.2) is 42.9 Å². The molecule has 24 heavy (non-hydrogen) atoms. The molecule has 0 bridgehead atoms. The van der Waals surface area contributed by atoms with Gasteiger partial charge in [0.2, 0.25) is 0 Å². The number of methoxy groups -OCH3 is 1. The number of carboxylic acids is 1. The van der Waals surface area contributed by atoms with Crippen molar-refractivity contribution in [3.05, 3.63) is 35.9 Å². The third-order valence-corrected chi connectivity index (χ3v) is 4.44. The fraction of sp³-hybridized carbons (Fsp3) is 0.556. The van der Waals surface area contributed by atoms with Crippen LogP contribution < -0.4 is 10.6 Å². The van der Waals surface area contributed by atoms with Gasteiger partial charge in [-0.15, -0.1) is 0 Å². The molecule has 1 saturated carbocycles. The topological polar surface area (TPSA) is 87.7 Å². The molecule has 1 aromatic rings. The van der Waals surface area contributed by atoms with Gasteiger partial charge in [-0.3, -0.25) is 4.79 Å². The summed E-state index contributed by atoms with van der Waals surface area (Å²) in [5.41, 5.74) is 1.14. The van der Waals surface area contributed by atoms with E-state index < -0.39 is 5.97 Å². The summed E-state index contributed by atoms with van der Waals surface area (Å²) in [5.74, 6) is -1.01. The molecule has 6 heteroatoms. The van der Waals surface area contributed by atoms with Gasteiger partial charge >= 0.3 is 12.0 Å². The molecule has 0 spiro atoms. The number of carbonyl (C=O) groups is 2. The van der Waals surface area contributed by atoms with Crippen LogP contribution in [-0.2, 0) is 16.0 Å². The van der Waals surface area contributed by atoms with Crippen LogP contribution >= 0.6 is 0 Å². The first kappa shape index (κ1) is 18.3. The molecule has 1 atom stereocenters. The van der Waals surface area contributed by atoms with E-state index in [1.807, 2.05) is 30.3 Å². The lowest BCUT2D eigenvalue weighted by molar-refractivity contribution is -0.142. The number of aliphatic carboxylic acids is 1. The molecule has 132 valence electrons. The maximum absolute atomic E-state index is 12.2. The van der Waals surface area contributed by atoms with Crippen molar-refractivity contribution < 1.29 is 19.4 Å². The fourth-order valence-corrected chi connectivity index (χ4v) is 3.15. The Morgan fingerprint density at radius 3 is 2.46 bits per heavy atom. The Balaban J connectivity index is 1.79. The minimum Gasteiger partial charge on any atom is -0.481 e. The molecule has 0 aromatic heterocycles. The molecule has 0 radical (unpaired) electrons. The van der Waals surface area contributed by atoms with Gasteiger partial charge in [0.05, 0.1) is 18.6 Å². The lowest BCUT2D eigenvalue weighted by atomic mass is 9.86. The van der Waals surface area contributed by atoms with E-state index in [-0.39, 0.29) is 24.0 Å². The number of urea groups is 1. The molecule has 0 saturated heterocycles. The molecule has 1 fully saturated rings. The third kappa shape index (κ3) is 5.85. The van der Waals surface area contributed by atoms with Gasteiger partial charge < -0.3 is 20.5 Å². The number of amides is 2. The van der Waals surface area contributed by atoms with Crippen molar-refractivity contribution in [2.75, 3.05) is 13.7 Å². The Hall–Kier alpha value is -2.08. The Labute approximate surface area is 142 Å². The monoisotopic (exact) mass is 334 g/mol. The maximum Gasteiger partial charge on any atom is 0.315 e. The van der Waals surface area contributed by atoms with E-state index in [4.69, 9.17) is 9.84 Å². The molecule has 2 amide bonds. The number of benzene rings is 1. The second-order valence-electron chi connectivity index (χ2n) is 6.35. The summed E-state index contributed by atoms with van der Waals surface area (Å²) in [6.07, 6.45) is 3.35. The largest absolute Gasteiger partial charge is 0.481 e. The molecule has 1 aromatic carbocycles. The van der Waals surface area contributed by atoms with E-state index in [0.29, 0.717) is 38.7 Å². The SMILES string of the molecule is COCC(Cc1ccccc1)NC(=O)NC1CCC(C(=O)O)CC1. The molecular weight excluding hydrogens is 308 g/mol. The molecule has 1 aliphatic rings. The predicted molar refractivity (Wildman–Crippen MR) is 90.9 cm³/mol. The van der Waals surface area contributed by atoms with Crippen LogP contribution in [0.5, 0.6) is 0 Å². The zero-order valence-electron chi connectivity index (χ0n) is 14.0. The Kier molecular flexibility index (Phi) is 7.06. The summed E-state index contributed by atoms with van der Waals surface area (Å²) in [6, 6.07) is 9.67. The van der Waals surface area contributed by atoms with Crippen LogP contribution in [0.25, 0.3) is 0 Å². The Bertz CT molecular complexity index is 527. The van der Waals surface area contributed by atoms with Crippen LogP contribution in [0.3, 0.4) is 0 Å². The van der Waals surface area contributed by atoms with Gasteiger partial charge in [0.1, 0.15) is 0 Å². The number of carboxylic acid groups (broad SMARTS) is 1. The zero-order valence-corrected chi connectivity index (χ0v) is 14.0. The molecular formula is C18H26N2O4. The molecule has 3 N–H and O–H groups in total. The first-order valence-electron chi connectivity index (χ1n) is 8.41. The van der Waals surface area contributed by atoms with Crippen molar-refractivity contribution >= 4 is 12.0 Å². The highest BCUT2D eigenvalue weighted by molar-refractivity contribution is 5.75. The average molecular weight is 334 g/mol. The van der Waals surface area contributed by atoms with E-state index in [9.17, 15) is 9.59 Å². The Morgan fingerprint density at radius 1 is 1.21 bits per heavy atom. The van der Waals surface area contributed by atoms with E-state index in [1.165, 1.54) is 0 Å². The second kappa shape index (κ2) is 9.27. The minimum atomic E-state index is -0.735. The number of ether oxygens (including phenoxy) is 1. The van der Waals surface area contributed by atoms with Gasteiger partial charge in [-0.1, -0.05) is 30.3 Å². The average Bonchev–Trinajstić information content (AvgIpc) is 2.56. The molecule has 0 heterocycles. The van der Waals surface area contributed by atoms with Gasteiger partial charge in [0, 0.05) is 13.2 Å². The highest BCUT2D eigenvalue weighted by Gasteiger charge is 2.27. The van der Waals surface area contributed by atoms with Crippen molar-refractivity contribution in [1.29, 1.82) is 0 Å². The van der Waals surface area contributed by atoms with Crippen molar-refractivity contribution in [2.45, 2.75) is 44.2 Å². The highest BCUT2D eigenvalue weighted by Crippen LogP contribution is 2.24. The quantitative estimate of drug-likeness (QED) is 0.713. The van der Waals surface area contributed by atoms with Gasteiger partial charge in [0.15, 0.2) is 0 Å². The van der Waals surface area contributed by atoms with E-state index in [0.717, 1.165) is 5.56 Å². The van der Waals surface area contributed by atoms with Gasteiger partial charge in [-0.2, -0.15) is 0 Å². The number of carbonyl (C=O) groups excluding carboxylic acids is 1.